The zero-order chi connectivity index (χ0) is 5.11. The van der Waals surface area contributed by atoms with E-state index in [9.17, 15) is 0 Å². The molecule has 0 unspecified atom stereocenters. The fraction of sp³-hybridized carbons (Fsp3) is 0.800. The van der Waals surface area contributed by atoms with E-state index in [-0.39, 0.29) is 0 Å². The molecule has 1 rings (SSSR count). The van der Waals surface area contributed by atoms with E-state index in [1.54, 1.807) is 0 Å². The lowest BCUT2D eigenvalue weighted by molar-refractivity contribution is 0.120. The second kappa shape index (κ2) is 2.26. The predicted molar refractivity (Wildman–Crippen MR) is 31.3 cm³/mol. The standard InChI is InChI=1S/C5H7OS/c7-4-6-5-2-1-3-5/h5H,1-3H2. The molecule has 0 amide bonds. The van der Waals surface area contributed by atoms with E-state index < -0.39 is 0 Å². The molecule has 0 N–H and O–H groups in total. The maximum Gasteiger partial charge on any atom is 0.239 e. The first kappa shape index (κ1) is 5.04. The van der Waals surface area contributed by atoms with E-state index in [1.165, 1.54) is 19.3 Å². The highest BCUT2D eigenvalue weighted by atomic mass is 32.1. The SMILES string of the molecule is S=[C]OC1CCC1. The van der Waals surface area contributed by atoms with Crippen molar-refractivity contribution >= 4 is 17.8 Å². The van der Waals surface area contributed by atoms with Gasteiger partial charge in [0, 0.05) is 0 Å². The normalized spacial score (nSPS) is 20.6. The van der Waals surface area contributed by atoms with Gasteiger partial charge in [0.15, 0.2) is 0 Å². The zero-order valence-corrected chi connectivity index (χ0v) is 4.83. The predicted octanol–water partition coefficient (Wildman–Crippen LogP) is 1.39. The third-order valence-electron chi connectivity index (χ3n) is 1.27. The van der Waals surface area contributed by atoms with Crippen LogP contribution < -0.4 is 0 Å². The Hall–Kier alpha value is -0.110. The molecule has 39 valence electrons. The van der Waals surface area contributed by atoms with Gasteiger partial charge in [-0.1, -0.05) is 0 Å². The van der Waals surface area contributed by atoms with Crippen molar-refractivity contribution in [3.05, 3.63) is 0 Å². The van der Waals surface area contributed by atoms with Crippen LogP contribution in [0.25, 0.3) is 0 Å². The molecule has 1 radical (unpaired) electrons. The molecule has 0 heterocycles. The number of rotatable bonds is 2. The molecular weight excluding hydrogens is 108 g/mol. The van der Waals surface area contributed by atoms with Crippen molar-refractivity contribution in [2.75, 3.05) is 0 Å². The second-order valence-electron chi connectivity index (χ2n) is 1.75. The van der Waals surface area contributed by atoms with Gasteiger partial charge in [0.05, 0.1) is 6.10 Å². The first-order chi connectivity index (χ1) is 3.43. The van der Waals surface area contributed by atoms with Gasteiger partial charge in [-0.25, -0.2) is 0 Å². The summed E-state index contributed by atoms with van der Waals surface area (Å²) in [5, 5.41) is 0. The summed E-state index contributed by atoms with van der Waals surface area (Å²) in [6.45, 7) is 0. The zero-order valence-electron chi connectivity index (χ0n) is 4.02. The third-order valence-corrected chi connectivity index (χ3v) is 1.36. The Morgan fingerprint density at radius 3 is 2.43 bits per heavy atom. The van der Waals surface area contributed by atoms with Crippen LogP contribution in [0, 0.1) is 0 Å². The number of thiocarbonyl (C=S) groups is 1. The molecule has 0 saturated heterocycles. The highest BCUT2D eigenvalue weighted by Gasteiger charge is 2.16. The second-order valence-corrected chi connectivity index (χ2v) is 1.92. The Morgan fingerprint density at radius 1 is 1.57 bits per heavy atom. The monoisotopic (exact) mass is 115 g/mol. The molecule has 1 saturated carbocycles. The van der Waals surface area contributed by atoms with Crippen molar-refractivity contribution in [1.29, 1.82) is 0 Å². The number of ether oxygens (including phenoxy) is 1. The van der Waals surface area contributed by atoms with E-state index in [0.29, 0.717) is 6.10 Å². The summed E-state index contributed by atoms with van der Waals surface area (Å²) in [6, 6.07) is 0. The van der Waals surface area contributed by atoms with Crippen molar-refractivity contribution in [1.82, 2.24) is 0 Å². The van der Waals surface area contributed by atoms with Gasteiger partial charge in [-0.05, 0) is 31.5 Å². The average Bonchev–Trinajstić information content (AvgIpc) is 1.55. The smallest absolute Gasteiger partial charge is 0.239 e. The topological polar surface area (TPSA) is 9.23 Å². The maximum atomic E-state index is 4.84. The minimum Gasteiger partial charge on any atom is -0.477 e. The number of hydrogen-bond acceptors (Lipinski definition) is 2. The summed E-state index contributed by atoms with van der Waals surface area (Å²) in [7, 11) is 0. The molecular formula is C5H7OS. The Morgan fingerprint density at radius 2 is 2.29 bits per heavy atom. The lowest BCUT2D eigenvalue weighted by Crippen LogP contribution is -2.19. The molecule has 1 aliphatic carbocycles. The molecule has 0 atom stereocenters. The lowest BCUT2D eigenvalue weighted by atomic mass is 9.96. The largest absolute Gasteiger partial charge is 0.477 e. The molecule has 0 spiro atoms. The molecule has 0 aromatic carbocycles. The Labute approximate surface area is 48.7 Å². The highest BCUT2D eigenvalue weighted by molar-refractivity contribution is 7.78. The van der Waals surface area contributed by atoms with Crippen molar-refractivity contribution in [2.45, 2.75) is 25.4 Å². The summed E-state index contributed by atoms with van der Waals surface area (Å²) < 4.78 is 4.84. The third kappa shape index (κ3) is 1.13. The molecule has 0 aromatic rings. The molecule has 2 heteroatoms. The Kier molecular flexibility index (Phi) is 1.63. The van der Waals surface area contributed by atoms with Crippen LogP contribution in [0.5, 0.6) is 0 Å². The fourth-order valence-corrected chi connectivity index (χ4v) is 0.693. The van der Waals surface area contributed by atoms with Crippen LogP contribution in [-0.4, -0.2) is 11.7 Å². The molecule has 0 bridgehead atoms. The van der Waals surface area contributed by atoms with E-state index in [1.807, 2.05) is 0 Å². The minimum absolute atomic E-state index is 0.414. The van der Waals surface area contributed by atoms with E-state index >= 15 is 0 Å². The van der Waals surface area contributed by atoms with Gasteiger partial charge in [0.1, 0.15) is 0 Å². The molecule has 1 aliphatic rings. The van der Waals surface area contributed by atoms with Gasteiger partial charge in [0.2, 0.25) is 5.55 Å². The molecule has 0 aliphatic heterocycles. The van der Waals surface area contributed by atoms with Crippen molar-refractivity contribution in [3.63, 3.8) is 0 Å². The van der Waals surface area contributed by atoms with Crippen LogP contribution >= 0.6 is 12.2 Å². The van der Waals surface area contributed by atoms with Gasteiger partial charge in [0.25, 0.3) is 0 Å². The maximum absolute atomic E-state index is 4.84. The number of hydrogen-bond donors (Lipinski definition) is 0. The molecule has 7 heavy (non-hydrogen) atoms. The van der Waals surface area contributed by atoms with Crippen LogP contribution in [0.3, 0.4) is 0 Å². The Balaban J connectivity index is 2.03. The summed E-state index contributed by atoms with van der Waals surface area (Å²) in [4.78, 5) is 0. The average molecular weight is 115 g/mol. The van der Waals surface area contributed by atoms with Crippen LogP contribution in [0.1, 0.15) is 19.3 Å². The van der Waals surface area contributed by atoms with Crippen molar-refractivity contribution in [3.8, 4) is 0 Å². The summed E-state index contributed by atoms with van der Waals surface area (Å²) in [6.07, 6.45) is 4.05. The highest BCUT2D eigenvalue weighted by Crippen LogP contribution is 2.20. The quantitative estimate of drug-likeness (QED) is 0.503. The molecule has 0 aromatic heterocycles. The van der Waals surface area contributed by atoms with E-state index in [2.05, 4.69) is 17.8 Å². The fourth-order valence-electron chi connectivity index (χ4n) is 0.557. The summed E-state index contributed by atoms with van der Waals surface area (Å²) >= 11 is 4.36. The molecule has 1 fully saturated rings. The van der Waals surface area contributed by atoms with Crippen LogP contribution in [0.4, 0.5) is 0 Å². The van der Waals surface area contributed by atoms with Gasteiger partial charge < -0.3 is 4.74 Å². The van der Waals surface area contributed by atoms with Crippen LogP contribution in [0.15, 0.2) is 0 Å². The van der Waals surface area contributed by atoms with Gasteiger partial charge in [-0.3, -0.25) is 0 Å². The van der Waals surface area contributed by atoms with Crippen molar-refractivity contribution in [2.24, 2.45) is 0 Å². The lowest BCUT2D eigenvalue weighted by Gasteiger charge is -2.22. The van der Waals surface area contributed by atoms with Crippen molar-refractivity contribution < 1.29 is 4.74 Å². The van der Waals surface area contributed by atoms with Crippen LogP contribution in [-0.2, 0) is 4.74 Å². The van der Waals surface area contributed by atoms with Gasteiger partial charge >= 0.3 is 0 Å². The van der Waals surface area contributed by atoms with Gasteiger partial charge in [-0.2, -0.15) is 0 Å². The van der Waals surface area contributed by atoms with E-state index in [0.717, 1.165) is 0 Å². The minimum atomic E-state index is 0.414. The van der Waals surface area contributed by atoms with Crippen LogP contribution in [0.2, 0.25) is 0 Å². The first-order valence-electron chi connectivity index (χ1n) is 2.46. The Bertz CT molecular complexity index is 68.5. The van der Waals surface area contributed by atoms with E-state index in [4.69, 9.17) is 4.74 Å². The van der Waals surface area contributed by atoms with Gasteiger partial charge in [-0.15, -0.1) is 0 Å². The summed E-state index contributed by atoms with van der Waals surface area (Å²) in [5.74, 6) is 0. The summed E-state index contributed by atoms with van der Waals surface area (Å²) in [5.41, 5.74) is 2.25. The molecule has 1 nitrogen and oxygen atoms in total. The first-order valence-corrected chi connectivity index (χ1v) is 2.87.